The quantitative estimate of drug-likeness (QED) is 0.372. The van der Waals surface area contributed by atoms with Crippen LogP contribution in [0.3, 0.4) is 0 Å². The van der Waals surface area contributed by atoms with Crippen molar-refractivity contribution >= 4 is 23.4 Å². The first-order valence-corrected chi connectivity index (χ1v) is 10.4. The van der Waals surface area contributed by atoms with Crippen molar-refractivity contribution in [2.24, 2.45) is 0 Å². The van der Waals surface area contributed by atoms with E-state index in [-0.39, 0.29) is 29.4 Å². The minimum Gasteiger partial charge on any atom is -0.453 e. The van der Waals surface area contributed by atoms with Crippen molar-refractivity contribution in [1.82, 2.24) is 15.3 Å². The molecule has 3 amide bonds. The van der Waals surface area contributed by atoms with Crippen LogP contribution in [-0.2, 0) is 11.2 Å². The van der Waals surface area contributed by atoms with Gasteiger partial charge in [0.05, 0.1) is 17.7 Å². The monoisotopic (exact) mass is 475 g/mol. The first-order chi connectivity index (χ1) is 16.9. The standard InChI is InChI=1S/C25H19F2N5O3/c26-16-6-4-15(5-7-16)13-22(33)32-25(34)31-17-8-9-20(18(27)14-17)35-21-10-12-30-24(28)23(21)19-3-1-2-11-29-19/h1-12,14H,13H2,(H2,28,30)(H2,31,32,33,34). The zero-order valence-corrected chi connectivity index (χ0v) is 18.2. The molecule has 0 aliphatic carbocycles. The van der Waals surface area contributed by atoms with Crippen LogP contribution in [0.1, 0.15) is 5.56 Å². The summed E-state index contributed by atoms with van der Waals surface area (Å²) in [7, 11) is 0. The minimum atomic E-state index is -0.843. The molecule has 0 aliphatic heterocycles. The highest BCUT2D eigenvalue weighted by molar-refractivity contribution is 6.01. The number of amides is 3. The number of imide groups is 1. The number of halogens is 2. The molecule has 0 spiro atoms. The van der Waals surface area contributed by atoms with Crippen LogP contribution in [0.5, 0.6) is 11.5 Å². The third kappa shape index (κ3) is 5.93. The van der Waals surface area contributed by atoms with Gasteiger partial charge in [-0.2, -0.15) is 0 Å². The lowest BCUT2D eigenvalue weighted by Gasteiger charge is -2.13. The molecule has 2 heterocycles. The van der Waals surface area contributed by atoms with Crippen LogP contribution in [0.25, 0.3) is 11.3 Å². The van der Waals surface area contributed by atoms with Crippen molar-refractivity contribution in [1.29, 1.82) is 0 Å². The van der Waals surface area contributed by atoms with E-state index in [1.807, 2.05) is 0 Å². The largest absolute Gasteiger partial charge is 0.453 e. The molecule has 4 rings (SSSR count). The van der Waals surface area contributed by atoms with Gasteiger partial charge in [-0.25, -0.2) is 18.6 Å². The van der Waals surface area contributed by atoms with Crippen molar-refractivity contribution in [3.05, 3.63) is 96.3 Å². The van der Waals surface area contributed by atoms with Gasteiger partial charge in [-0.3, -0.25) is 15.1 Å². The number of nitrogens with two attached hydrogens (primary N) is 1. The van der Waals surface area contributed by atoms with Gasteiger partial charge in [0.2, 0.25) is 5.91 Å². The number of hydrogen-bond acceptors (Lipinski definition) is 6. The van der Waals surface area contributed by atoms with E-state index in [0.29, 0.717) is 16.8 Å². The zero-order chi connectivity index (χ0) is 24.8. The molecule has 8 nitrogen and oxygen atoms in total. The average Bonchev–Trinajstić information content (AvgIpc) is 2.83. The Hall–Kier alpha value is -4.86. The number of carbonyl (C=O) groups is 2. The number of benzene rings is 2. The Balaban J connectivity index is 1.42. The smallest absolute Gasteiger partial charge is 0.325 e. The van der Waals surface area contributed by atoms with E-state index in [1.165, 1.54) is 48.7 Å². The molecule has 0 fully saturated rings. The fourth-order valence-corrected chi connectivity index (χ4v) is 3.21. The fourth-order valence-electron chi connectivity index (χ4n) is 3.21. The second-order valence-electron chi connectivity index (χ2n) is 7.34. The number of hydrogen-bond donors (Lipinski definition) is 3. The molecule has 0 bridgehead atoms. The number of anilines is 2. The number of pyridine rings is 2. The van der Waals surface area contributed by atoms with Gasteiger partial charge < -0.3 is 15.8 Å². The molecular formula is C25H19F2N5O3. The van der Waals surface area contributed by atoms with Gasteiger partial charge in [0.1, 0.15) is 17.4 Å². The second-order valence-corrected chi connectivity index (χ2v) is 7.34. The molecule has 0 radical (unpaired) electrons. The van der Waals surface area contributed by atoms with Gasteiger partial charge in [-0.05, 0) is 48.0 Å². The predicted octanol–water partition coefficient (Wildman–Crippen LogP) is 4.69. The maximum atomic E-state index is 14.7. The first-order valence-electron chi connectivity index (χ1n) is 10.4. The van der Waals surface area contributed by atoms with Crippen molar-refractivity contribution in [2.75, 3.05) is 11.1 Å². The molecule has 2 aromatic heterocycles. The summed E-state index contributed by atoms with van der Waals surface area (Å²) in [6, 6.07) is 15.0. The van der Waals surface area contributed by atoms with Crippen LogP contribution in [0.4, 0.5) is 25.1 Å². The van der Waals surface area contributed by atoms with E-state index in [2.05, 4.69) is 20.6 Å². The number of nitrogen functional groups attached to an aromatic ring is 1. The van der Waals surface area contributed by atoms with E-state index in [1.54, 1.807) is 24.4 Å². The van der Waals surface area contributed by atoms with Gasteiger partial charge in [0.15, 0.2) is 11.6 Å². The van der Waals surface area contributed by atoms with Gasteiger partial charge in [-0.15, -0.1) is 0 Å². The van der Waals surface area contributed by atoms with E-state index in [0.717, 1.165) is 6.07 Å². The van der Waals surface area contributed by atoms with Gasteiger partial charge in [0.25, 0.3) is 0 Å². The number of nitrogens with one attached hydrogen (secondary N) is 2. The summed E-state index contributed by atoms with van der Waals surface area (Å²) in [4.78, 5) is 32.4. The summed E-state index contributed by atoms with van der Waals surface area (Å²) < 4.78 is 33.4. The molecule has 0 atom stereocenters. The molecule has 2 aromatic carbocycles. The highest BCUT2D eigenvalue weighted by Gasteiger charge is 2.16. The normalized spacial score (nSPS) is 10.5. The molecule has 0 unspecified atom stereocenters. The molecular weight excluding hydrogens is 456 g/mol. The predicted molar refractivity (Wildman–Crippen MR) is 126 cm³/mol. The number of ether oxygens (including phenoxy) is 1. The summed E-state index contributed by atoms with van der Waals surface area (Å²) in [5.41, 5.74) is 7.55. The Morgan fingerprint density at radius 2 is 1.71 bits per heavy atom. The SMILES string of the molecule is Nc1nccc(Oc2ccc(NC(=O)NC(=O)Cc3ccc(F)cc3)cc2F)c1-c1ccccn1. The van der Waals surface area contributed by atoms with Gasteiger partial charge in [0, 0.05) is 24.1 Å². The molecule has 0 saturated heterocycles. The molecule has 0 saturated carbocycles. The average molecular weight is 475 g/mol. The lowest BCUT2D eigenvalue weighted by atomic mass is 10.1. The summed E-state index contributed by atoms with van der Waals surface area (Å²) in [5, 5.41) is 4.51. The molecule has 4 aromatic rings. The number of carbonyl (C=O) groups excluding carboxylic acids is 2. The lowest BCUT2D eigenvalue weighted by Crippen LogP contribution is -2.35. The van der Waals surface area contributed by atoms with E-state index >= 15 is 0 Å². The van der Waals surface area contributed by atoms with Crippen molar-refractivity contribution < 1.29 is 23.1 Å². The third-order valence-corrected chi connectivity index (χ3v) is 4.80. The Morgan fingerprint density at radius 3 is 2.43 bits per heavy atom. The Labute approximate surface area is 198 Å². The third-order valence-electron chi connectivity index (χ3n) is 4.80. The summed E-state index contributed by atoms with van der Waals surface area (Å²) >= 11 is 0. The zero-order valence-electron chi connectivity index (χ0n) is 18.2. The molecule has 10 heteroatoms. The van der Waals surface area contributed by atoms with Crippen LogP contribution in [-0.4, -0.2) is 21.9 Å². The highest BCUT2D eigenvalue weighted by atomic mass is 19.1. The Bertz CT molecular complexity index is 1370. The summed E-state index contributed by atoms with van der Waals surface area (Å²) in [6.45, 7) is 0. The minimum absolute atomic E-state index is 0.0983. The summed E-state index contributed by atoms with van der Waals surface area (Å²) in [6.07, 6.45) is 2.89. The number of aromatic nitrogens is 2. The van der Waals surface area contributed by atoms with Crippen LogP contribution >= 0.6 is 0 Å². The van der Waals surface area contributed by atoms with E-state index in [9.17, 15) is 18.4 Å². The second kappa shape index (κ2) is 10.4. The fraction of sp³-hybridized carbons (Fsp3) is 0.0400. The highest BCUT2D eigenvalue weighted by Crippen LogP contribution is 2.36. The number of nitrogens with zero attached hydrogens (tertiary/aromatic N) is 2. The molecule has 176 valence electrons. The maximum Gasteiger partial charge on any atom is 0.325 e. The number of rotatable bonds is 6. The van der Waals surface area contributed by atoms with E-state index in [4.69, 9.17) is 10.5 Å². The Kier molecular flexibility index (Phi) is 6.91. The number of urea groups is 1. The van der Waals surface area contributed by atoms with Crippen LogP contribution in [0, 0.1) is 11.6 Å². The molecule has 4 N–H and O–H groups in total. The van der Waals surface area contributed by atoms with Crippen LogP contribution in [0.15, 0.2) is 79.1 Å². The maximum absolute atomic E-state index is 14.7. The molecule has 0 aliphatic rings. The van der Waals surface area contributed by atoms with Crippen molar-refractivity contribution in [3.8, 4) is 22.8 Å². The summed E-state index contributed by atoms with van der Waals surface area (Å²) in [5.74, 6) is -1.50. The first kappa shape index (κ1) is 23.3. The Morgan fingerprint density at radius 1 is 0.914 bits per heavy atom. The van der Waals surface area contributed by atoms with Gasteiger partial charge >= 0.3 is 6.03 Å². The van der Waals surface area contributed by atoms with Crippen molar-refractivity contribution in [3.63, 3.8) is 0 Å². The lowest BCUT2D eigenvalue weighted by molar-refractivity contribution is -0.119. The van der Waals surface area contributed by atoms with E-state index < -0.39 is 23.6 Å². The van der Waals surface area contributed by atoms with Crippen molar-refractivity contribution in [2.45, 2.75) is 6.42 Å². The van der Waals surface area contributed by atoms with Gasteiger partial charge in [-0.1, -0.05) is 18.2 Å². The van der Waals surface area contributed by atoms with Crippen LogP contribution in [0.2, 0.25) is 0 Å². The van der Waals surface area contributed by atoms with Crippen LogP contribution < -0.4 is 21.1 Å². The molecule has 35 heavy (non-hydrogen) atoms. The topological polar surface area (TPSA) is 119 Å².